The van der Waals surface area contributed by atoms with Crippen LogP contribution in [0.4, 0.5) is 13.2 Å². The molecule has 3 rings (SSSR count). The number of fused-ring (bicyclic) bond motifs is 1. The number of aliphatic hydroxyl groups excluding tert-OH is 1. The van der Waals surface area contributed by atoms with Gasteiger partial charge in [-0.05, 0) is 25.7 Å². The van der Waals surface area contributed by atoms with Crippen LogP contribution in [0.25, 0.3) is 0 Å². The van der Waals surface area contributed by atoms with Crippen LogP contribution in [0.5, 0.6) is 0 Å². The molecule has 0 spiro atoms. The topological polar surface area (TPSA) is 50.1 Å². The molecule has 1 aliphatic heterocycles. The predicted octanol–water partition coefficient (Wildman–Crippen LogP) is 2.02. The Morgan fingerprint density at radius 2 is 1.90 bits per heavy atom. The Balaban J connectivity index is 2.00. The highest BCUT2D eigenvalue weighted by Crippen LogP contribution is 2.38. The van der Waals surface area contributed by atoms with Crippen LogP contribution in [0.3, 0.4) is 0 Å². The molecule has 0 unspecified atom stereocenters. The van der Waals surface area contributed by atoms with Crippen molar-refractivity contribution in [2.24, 2.45) is 0 Å². The van der Waals surface area contributed by atoms with Gasteiger partial charge in [0.1, 0.15) is 0 Å². The first-order valence-corrected chi connectivity index (χ1v) is 7.02. The Morgan fingerprint density at radius 3 is 2.55 bits per heavy atom. The van der Waals surface area contributed by atoms with E-state index in [0.717, 1.165) is 5.69 Å². The van der Waals surface area contributed by atoms with Gasteiger partial charge in [-0.15, -0.1) is 0 Å². The van der Waals surface area contributed by atoms with E-state index in [-0.39, 0.29) is 12.1 Å². The second-order valence-electron chi connectivity index (χ2n) is 5.59. The molecule has 7 heteroatoms. The smallest absolute Gasteiger partial charge is 0.393 e. The van der Waals surface area contributed by atoms with E-state index in [9.17, 15) is 18.3 Å². The zero-order chi connectivity index (χ0) is 14.3. The predicted molar refractivity (Wildman–Crippen MR) is 66.2 cm³/mol. The van der Waals surface area contributed by atoms with E-state index < -0.39 is 12.0 Å². The van der Waals surface area contributed by atoms with Crippen LogP contribution in [0, 0.1) is 0 Å². The van der Waals surface area contributed by atoms with Gasteiger partial charge in [0.05, 0.1) is 11.8 Å². The van der Waals surface area contributed by atoms with Gasteiger partial charge in [0.2, 0.25) is 5.82 Å². The van der Waals surface area contributed by atoms with Crippen LogP contribution in [-0.4, -0.2) is 27.3 Å². The third-order valence-corrected chi connectivity index (χ3v) is 4.21. The molecule has 0 amide bonds. The molecule has 20 heavy (non-hydrogen) atoms. The first-order chi connectivity index (χ1) is 9.47. The monoisotopic (exact) mass is 289 g/mol. The molecule has 1 saturated carbocycles. The van der Waals surface area contributed by atoms with Crippen molar-refractivity contribution in [1.29, 1.82) is 0 Å². The molecule has 1 aliphatic carbocycles. The lowest BCUT2D eigenvalue weighted by atomic mass is 9.92. The van der Waals surface area contributed by atoms with Crippen molar-refractivity contribution in [3.8, 4) is 0 Å². The largest absolute Gasteiger partial charge is 0.449 e. The summed E-state index contributed by atoms with van der Waals surface area (Å²) < 4.78 is 41.0. The van der Waals surface area contributed by atoms with Crippen LogP contribution < -0.4 is 5.32 Å². The maximum absolute atomic E-state index is 13.2. The number of hydrogen-bond acceptors (Lipinski definition) is 3. The lowest BCUT2D eigenvalue weighted by Crippen LogP contribution is -2.29. The molecule has 0 bridgehead atoms. The SMILES string of the molecule is OC1CCC(n2c(C(F)(F)F)nc3c2CCNC3)CC1. The van der Waals surface area contributed by atoms with Crippen molar-refractivity contribution in [3.63, 3.8) is 0 Å². The van der Waals surface area contributed by atoms with Crippen molar-refractivity contribution in [2.75, 3.05) is 6.54 Å². The first kappa shape index (κ1) is 13.9. The molecule has 2 N–H and O–H groups in total. The van der Waals surface area contributed by atoms with E-state index in [1.165, 1.54) is 4.57 Å². The molecule has 4 nitrogen and oxygen atoms in total. The summed E-state index contributed by atoms with van der Waals surface area (Å²) in [6, 6.07) is -0.190. The summed E-state index contributed by atoms with van der Waals surface area (Å²) in [6.07, 6.45) is -1.92. The summed E-state index contributed by atoms with van der Waals surface area (Å²) in [4.78, 5) is 3.83. The van der Waals surface area contributed by atoms with Crippen molar-refractivity contribution in [2.45, 2.75) is 57.0 Å². The van der Waals surface area contributed by atoms with Crippen LogP contribution in [0.15, 0.2) is 0 Å². The number of hydrogen-bond donors (Lipinski definition) is 2. The summed E-state index contributed by atoms with van der Waals surface area (Å²) in [7, 11) is 0. The van der Waals surface area contributed by atoms with Crippen molar-refractivity contribution in [1.82, 2.24) is 14.9 Å². The number of aromatic nitrogens is 2. The van der Waals surface area contributed by atoms with Gasteiger partial charge in [0.25, 0.3) is 0 Å². The summed E-state index contributed by atoms with van der Waals surface area (Å²) in [5.41, 5.74) is 1.24. The molecular formula is C13H18F3N3O. The second-order valence-corrected chi connectivity index (χ2v) is 5.59. The van der Waals surface area contributed by atoms with E-state index in [2.05, 4.69) is 10.3 Å². The highest BCUT2D eigenvalue weighted by atomic mass is 19.4. The number of rotatable bonds is 1. The van der Waals surface area contributed by atoms with Crippen LogP contribution in [0.2, 0.25) is 0 Å². The third-order valence-electron chi connectivity index (χ3n) is 4.21. The van der Waals surface area contributed by atoms with Gasteiger partial charge in [-0.2, -0.15) is 13.2 Å². The number of halogens is 3. The number of aliphatic hydroxyl groups is 1. The molecule has 0 radical (unpaired) electrons. The number of imidazole rings is 1. The minimum absolute atomic E-state index is 0.190. The number of nitrogens with one attached hydrogen (secondary N) is 1. The molecule has 1 fully saturated rings. The molecule has 1 aromatic rings. The quantitative estimate of drug-likeness (QED) is 0.831. The Kier molecular flexibility index (Phi) is 3.50. The minimum Gasteiger partial charge on any atom is -0.393 e. The van der Waals surface area contributed by atoms with Gasteiger partial charge in [0, 0.05) is 31.2 Å². The first-order valence-electron chi connectivity index (χ1n) is 7.02. The molecule has 0 saturated heterocycles. The molecule has 0 aromatic carbocycles. The van der Waals surface area contributed by atoms with Crippen molar-refractivity contribution in [3.05, 3.63) is 17.2 Å². The fourth-order valence-electron chi connectivity index (χ4n) is 3.24. The minimum atomic E-state index is -4.42. The molecule has 112 valence electrons. The summed E-state index contributed by atoms with van der Waals surface area (Å²) in [5, 5.41) is 12.6. The van der Waals surface area contributed by atoms with Crippen molar-refractivity contribution >= 4 is 0 Å². The van der Waals surface area contributed by atoms with E-state index in [4.69, 9.17) is 0 Å². The average molecular weight is 289 g/mol. The lowest BCUT2D eigenvalue weighted by molar-refractivity contribution is -0.148. The Labute approximate surface area is 115 Å². The van der Waals surface area contributed by atoms with Gasteiger partial charge < -0.3 is 15.0 Å². The maximum atomic E-state index is 13.2. The van der Waals surface area contributed by atoms with Crippen LogP contribution in [-0.2, 0) is 19.1 Å². The molecule has 2 aliphatic rings. The van der Waals surface area contributed by atoms with E-state index in [1.54, 1.807) is 0 Å². The zero-order valence-corrected chi connectivity index (χ0v) is 11.1. The molecule has 1 aromatic heterocycles. The number of alkyl halides is 3. The standard InChI is InChI=1S/C13H18F3N3O/c14-13(15,16)12-18-10-7-17-6-5-11(10)19(12)8-1-3-9(20)4-2-8/h8-9,17,20H,1-7H2. The third kappa shape index (κ3) is 2.44. The maximum Gasteiger partial charge on any atom is 0.449 e. The Bertz CT molecular complexity index is 490. The molecule has 0 atom stereocenters. The average Bonchev–Trinajstić information content (AvgIpc) is 2.79. The van der Waals surface area contributed by atoms with Gasteiger partial charge in [-0.1, -0.05) is 0 Å². The zero-order valence-electron chi connectivity index (χ0n) is 11.1. The second kappa shape index (κ2) is 5.04. The highest BCUT2D eigenvalue weighted by molar-refractivity contribution is 5.23. The van der Waals surface area contributed by atoms with Crippen LogP contribution >= 0.6 is 0 Å². The highest BCUT2D eigenvalue weighted by Gasteiger charge is 2.41. The van der Waals surface area contributed by atoms with E-state index >= 15 is 0 Å². The summed E-state index contributed by atoms with van der Waals surface area (Å²) in [5.74, 6) is -0.771. The fourth-order valence-corrected chi connectivity index (χ4v) is 3.24. The number of nitrogens with zero attached hydrogens (tertiary/aromatic N) is 2. The molecule has 2 heterocycles. The lowest BCUT2D eigenvalue weighted by Gasteiger charge is -2.30. The summed E-state index contributed by atoms with van der Waals surface area (Å²) in [6.45, 7) is 1.09. The van der Waals surface area contributed by atoms with Gasteiger partial charge in [0.15, 0.2) is 0 Å². The summed E-state index contributed by atoms with van der Waals surface area (Å²) >= 11 is 0. The Hall–Kier alpha value is -1.08. The normalized spacial score (nSPS) is 27.4. The van der Waals surface area contributed by atoms with Gasteiger partial charge >= 0.3 is 6.18 Å². The van der Waals surface area contributed by atoms with Crippen LogP contribution in [0.1, 0.15) is 48.9 Å². The van der Waals surface area contributed by atoms with Crippen molar-refractivity contribution < 1.29 is 18.3 Å². The Morgan fingerprint density at radius 1 is 1.20 bits per heavy atom. The van der Waals surface area contributed by atoms with E-state index in [1.807, 2.05) is 0 Å². The van der Waals surface area contributed by atoms with E-state index in [0.29, 0.717) is 50.9 Å². The van der Waals surface area contributed by atoms with Gasteiger partial charge in [-0.25, -0.2) is 4.98 Å². The molecular weight excluding hydrogens is 271 g/mol. The fraction of sp³-hybridized carbons (Fsp3) is 0.769. The van der Waals surface area contributed by atoms with Gasteiger partial charge in [-0.3, -0.25) is 0 Å².